The molecule has 1 aromatic heterocycles. The van der Waals surface area contributed by atoms with Crippen molar-refractivity contribution in [2.24, 2.45) is 0 Å². The number of aromatic hydroxyl groups is 1. The molecule has 19 heavy (non-hydrogen) atoms. The topological polar surface area (TPSA) is 63.0 Å². The van der Waals surface area contributed by atoms with Crippen LogP contribution < -0.4 is 5.32 Å². The van der Waals surface area contributed by atoms with E-state index in [2.05, 4.69) is 15.6 Å². The average molecular weight is 258 g/mol. The Morgan fingerprint density at radius 3 is 3.21 bits per heavy atom. The minimum atomic E-state index is 0.366. The van der Waals surface area contributed by atoms with Crippen molar-refractivity contribution in [1.82, 2.24) is 20.3 Å². The van der Waals surface area contributed by atoms with Crippen LogP contribution in [0.5, 0.6) is 5.75 Å². The molecule has 0 aliphatic heterocycles. The van der Waals surface area contributed by atoms with Crippen molar-refractivity contribution in [3.8, 4) is 5.75 Å². The van der Waals surface area contributed by atoms with Gasteiger partial charge in [0.2, 0.25) is 0 Å². The van der Waals surface area contributed by atoms with Gasteiger partial charge >= 0.3 is 0 Å². The molecule has 0 radical (unpaired) electrons. The third-order valence-electron chi connectivity index (χ3n) is 3.63. The largest absolute Gasteiger partial charge is 0.508 e. The highest BCUT2D eigenvalue weighted by atomic mass is 16.3. The van der Waals surface area contributed by atoms with Gasteiger partial charge in [-0.1, -0.05) is 11.3 Å². The number of hydrogen-bond donors (Lipinski definition) is 2. The monoisotopic (exact) mass is 258 g/mol. The van der Waals surface area contributed by atoms with Crippen molar-refractivity contribution in [3.05, 3.63) is 41.7 Å². The van der Waals surface area contributed by atoms with Gasteiger partial charge in [0.25, 0.3) is 0 Å². The maximum atomic E-state index is 9.47. The zero-order valence-corrected chi connectivity index (χ0v) is 10.8. The van der Waals surface area contributed by atoms with Crippen LogP contribution in [0, 0.1) is 0 Å². The molecule has 2 aromatic rings. The molecule has 100 valence electrons. The summed E-state index contributed by atoms with van der Waals surface area (Å²) in [6.07, 6.45) is 6.78. The van der Waals surface area contributed by atoms with E-state index < -0.39 is 0 Å². The summed E-state index contributed by atoms with van der Waals surface area (Å²) in [5.74, 6) is 0.366. The number of hydrogen-bond acceptors (Lipinski definition) is 4. The summed E-state index contributed by atoms with van der Waals surface area (Å²) in [5.41, 5.74) is 2.60. The van der Waals surface area contributed by atoms with Crippen LogP contribution in [-0.4, -0.2) is 26.6 Å². The van der Waals surface area contributed by atoms with E-state index in [0.29, 0.717) is 11.8 Å². The van der Waals surface area contributed by atoms with E-state index >= 15 is 0 Å². The van der Waals surface area contributed by atoms with E-state index in [0.717, 1.165) is 32.4 Å². The van der Waals surface area contributed by atoms with Gasteiger partial charge in [-0.3, -0.25) is 4.68 Å². The number of nitrogens with zero attached hydrogens (tertiary/aromatic N) is 3. The van der Waals surface area contributed by atoms with Crippen molar-refractivity contribution < 1.29 is 5.11 Å². The third-order valence-corrected chi connectivity index (χ3v) is 3.63. The Kier molecular flexibility index (Phi) is 3.46. The predicted octanol–water partition coefficient (Wildman–Crippen LogP) is 1.65. The molecular formula is C14H18N4O. The average Bonchev–Trinajstić information content (AvgIpc) is 3.03. The van der Waals surface area contributed by atoms with Gasteiger partial charge in [-0.15, -0.1) is 5.10 Å². The molecule has 5 heteroatoms. The first kappa shape index (κ1) is 12.2. The van der Waals surface area contributed by atoms with Crippen molar-refractivity contribution in [3.63, 3.8) is 0 Å². The smallest absolute Gasteiger partial charge is 0.115 e. The summed E-state index contributed by atoms with van der Waals surface area (Å²) in [6.45, 7) is 1.85. The molecule has 0 saturated heterocycles. The first-order valence-corrected chi connectivity index (χ1v) is 6.72. The summed E-state index contributed by atoms with van der Waals surface area (Å²) in [5, 5.41) is 20.8. The Labute approximate surface area is 112 Å². The van der Waals surface area contributed by atoms with Gasteiger partial charge in [0.1, 0.15) is 5.75 Å². The number of phenols is 1. The van der Waals surface area contributed by atoms with Crippen LogP contribution in [-0.2, 0) is 13.0 Å². The molecule has 0 fully saturated rings. The van der Waals surface area contributed by atoms with Gasteiger partial charge in [-0.2, -0.15) is 0 Å². The second kappa shape index (κ2) is 5.40. The van der Waals surface area contributed by atoms with Crippen LogP contribution in [0.2, 0.25) is 0 Å². The molecule has 1 unspecified atom stereocenters. The number of aromatic nitrogens is 3. The highest BCUT2D eigenvalue weighted by Crippen LogP contribution is 2.33. The number of benzene rings is 1. The number of phenolic OH excluding ortho intramolecular Hbond substituents is 1. The molecule has 1 atom stereocenters. The molecule has 0 spiro atoms. The first-order valence-electron chi connectivity index (χ1n) is 6.72. The molecule has 3 rings (SSSR count). The summed E-state index contributed by atoms with van der Waals surface area (Å²) in [6, 6.07) is 6.11. The van der Waals surface area contributed by atoms with Gasteiger partial charge in [-0.05, 0) is 49.1 Å². The van der Waals surface area contributed by atoms with Gasteiger partial charge < -0.3 is 10.4 Å². The molecule has 2 N–H and O–H groups in total. The number of fused-ring (bicyclic) bond motifs is 1. The van der Waals surface area contributed by atoms with Gasteiger partial charge in [-0.25, -0.2) is 0 Å². The van der Waals surface area contributed by atoms with Crippen LogP contribution in [0.4, 0.5) is 0 Å². The highest BCUT2D eigenvalue weighted by Gasteiger charge is 2.21. The van der Waals surface area contributed by atoms with Crippen molar-refractivity contribution in [2.45, 2.75) is 31.8 Å². The van der Waals surface area contributed by atoms with Crippen LogP contribution in [0.1, 0.15) is 30.0 Å². The molecule has 1 heterocycles. The van der Waals surface area contributed by atoms with Gasteiger partial charge in [0, 0.05) is 18.8 Å². The van der Waals surface area contributed by atoms with Gasteiger partial charge in [0.15, 0.2) is 0 Å². The molecule has 0 bridgehead atoms. The lowest BCUT2D eigenvalue weighted by atomic mass is 10.1. The Balaban J connectivity index is 1.50. The lowest BCUT2D eigenvalue weighted by Gasteiger charge is -2.14. The molecule has 0 saturated carbocycles. The fraction of sp³-hybridized carbons (Fsp3) is 0.429. The minimum absolute atomic E-state index is 0.366. The predicted molar refractivity (Wildman–Crippen MR) is 71.8 cm³/mol. The lowest BCUT2D eigenvalue weighted by molar-refractivity contribution is 0.473. The summed E-state index contributed by atoms with van der Waals surface area (Å²) < 4.78 is 1.85. The van der Waals surface area contributed by atoms with Crippen LogP contribution in [0.25, 0.3) is 0 Å². The quantitative estimate of drug-likeness (QED) is 0.800. The Hall–Kier alpha value is -1.88. The number of rotatable bonds is 5. The van der Waals surface area contributed by atoms with E-state index in [1.54, 1.807) is 12.3 Å². The lowest BCUT2D eigenvalue weighted by Crippen LogP contribution is -2.21. The van der Waals surface area contributed by atoms with Crippen molar-refractivity contribution in [1.29, 1.82) is 0 Å². The molecule has 1 aliphatic rings. The zero-order chi connectivity index (χ0) is 13.1. The fourth-order valence-electron chi connectivity index (χ4n) is 2.69. The molecule has 5 nitrogen and oxygen atoms in total. The molecule has 1 aliphatic carbocycles. The SMILES string of the molecule is Oc1ccc2c(c1)CCC2NCCCn1ccnn1. The van der Waals surface area contributed by atoms with Crippen LogP contribution >= 0.6 is 0 Å². The summed E-state index contributed by atoms with van der Waals surface area (Å²) in [4.78, 5) is 0. The summed E-state index contributed by atoms with van der Waals surface area (Å²) >= 11 is 0. The molecule has 0 amide bonds. The Morgan fingerprint density at radius 1 is 1.42 bits per heavy atom. The van der Waals surface area contributed by atoms with Crippen molar-refractivity contribution >= 4 is 0 Å². The third kappa shape index (κ3) is 2.76. The Bertz CT molecular complexity index is 538. The highest BCUT2D eigenvalue weighted by molar-refractivity contribution is 5.39. The maximum absolute atomic E-state index is 9.47. The van der Waals surface area contributed by atoms with Gasteiger partial charge in [0.05, 0.1) is 6.20 Å². The van der Waals surface area contributed by atoms with Crippen LogP contribution in [0.3, 0.4) is 0 Å². The second-order valence-electron chi connectivity index (χ2n) is 4.95. The first-order chi connectivity index (χ1) is 9.33. The number of nitrogens with one attached hydrogen (secondary N) is 1. The second-order valence-corrected chi connectivity index (χ2v) is 4.95. The minimum Gasteiger partial charge on any atom is -0.508 e. The van der Waals surface area contributed by atoms with E-state index in [4.69, 9.17) is 0 Å². The van der Waals surface area contributed by atoms with Crippen LogP contribution in [0.15, 0.2) is 30.6 Å². The molecule has 1 aromatic carbocycles. The van der Waals surface area contributed by atoms with E-state index in [1.165, 1.54) is 11.1 Å². The van der Waals surface area contributed by atoms with E-state index in [-0.39, 0.29) is 0 Å². The normalized spacial score (nSPS) is 17.6. The standard InChI is InChI=1S/C14H18N4O/c19-12-3-4-13-11(10-12)2-5-14(13)15-6-1-8-18-9-7-16-17-18/h3-4,7,9-10,14-15,19H,1-2,5-6,8H2. The van der Waals surface area contributed by atoms with Crippen molar-refractivity contribution in [2.75, 3.05) is 6.54 Å². The molecular weight excluding hydrogens is 240 g/mol. The summed E-state index contributed by atoms with van der Waals surface area (Å²) in [7, 11) is 0. The fourth-order valence-corrected chi connectivity index (χ4v) is 2.69. The van der Waals surface area contributed by atoms with E-state index in [1.807, 2.05) is 23.0 Å². The zero-order valence-electron chi connectivity index (χ0n) is 10.8. The Morgan fingerprint density at radius 2 is 2.37 bits per heavy atom. The van der Waals surface area contributed by atoms with E-state index in [9.17, 15) is 5.11 Å². The number of aryl methyl sites for hydroxylation is 2. The maximum Gasteiger partial charge on any atom is 0.115 e.